The fraction of sp³-hybridized carbons (Fsp3) is 0.625. The molecule has 19 heavy (non-hydrogen) atoms. The SMILES string of the molecule is Cc1ccc(OCCNC2CCN(C)CC2)cc1C. The maximum absolute atomic E-state index is 5.78. The van der Waals surface area contributed by atoms with E-state index in [2.05, 4.69) is 49.3 Å². The smallest absolute Gasteiger partial charge is 0.119 e. The molecular formula is C16H26N2O. The second-order valence-corrected chi connectivity index (χ2v) is 5.63. The zero-order chi connectivity index (χ0) is 13.7. The highest BCUT2D eigenvalue weighted by Crippen LogP contribution is 2.16. The molecule has 0 atom stereocenters. The summed E-state index contributed by atoms with van der Waals surface area (Å²) in [5.41, 5.74) is 2.61. The first-order valence-corrected chi connectivity index (χ1v) is 7.27. The van der Waals surface area contributed by atoms with Gasteiger partial charge in [0, 0.05) is 12.6 Å². The van der Waals surface area contributed by atoms with Crippen LogP contribution in [0.25, 0.3) is 0 Å². The summed E-state index contributed by atoms with van der Waals surface area (Å²) in [7, 11) is 2.19. The van der Waals surface area contributed by atoms with Crippen molar-refractivity contribution in [2.24, 2.45) is 0 Å². The monoisotopic (exact) mass is 262 g/mol. The molecule has 106 valence electrons. The maximum atomic E-state index is 5.78. The Hall–Kier alpha value is -1.06. The standard InChI is InChI=1S/C16H26N2O/c1-13-4-5-16(12-14(13)2)19-11-8-17-15-6-9-18(3)10-7-15/h4-5,12,15,17H,6-11H2,1-3H3. The number of piperidine rings is 1. The summed E-state index contributed by atoms with van der Waals surface area (Å²) in [4.78, 5) is 2.39. The fourth-order valence-electron chi connectivity index (χ4n) is 2.45. The van der Waals surface area contributed by atoms with Gasteiger partial charge in [-0.05, 0) is 70.1 Å². The van der Waals surface area contributed by atoms with Crippen LogP contribution in [0.1, 0.15) is 24.0 Å². The first kappa shape index (κ1) is 14.4. The minimum atomic E-state index is 0.666. The molecular weight excluding hydrogens is 236 g/mol. The number of likely N-dealkylation sites (tertiary alicyclic amines) is 1. The van der Waals surface area contributed by atoms with Crippen molar-refractivity contribution in [3.05, 3.63) is 29.3 Å². The van der Waals surface area contributed by atoms with Gasteiger partial charge in [-0.25, -0.2) is 0 Å². The Morgan fingerprint density at radius 1 is 1.21 bits per heavy atom. The molecule has 1 fully saturated rings. The van der Waals surface area contributed by atoms with Crippen LogP contribution in [0, 0.1) is 13.8 Å². The van der Waals surface area contributed by atoms with Crippen molar-refractivity contribution < 1.29 is 4.74 Å². The molecule has 1 aromatic carbocycles. The van der Waals surface area contributed by atoms with Crippen LogP contribution in [0.5, 0.6) is 5.75 Å². The molecule has 1 aliphatic rings. The third-order valence-electron chi connectivity index (χ3n) is 4.00. The largest absolute Gasteiger partial charge is 0.492 e. The third-order valence-corrected chi connectivity index (χ3v) is 4.00. The molecule has 1 heterocycles. The second kappa shape index (κ2) is 6.92. The summed E-state index contributed by atoms with van der Waals surface area (Å²) in [6.07, 6.45) is 2.50. The molecule has 1 aromatic rings. The average Bonchev–Trinajstić information content (AvgIpc) is 2.41. The predicted octanol–water partition coefficient (Wildman–Crippen LogP) is 2.37. The summed E-state index contributed by atoms with van der Waals surface area (Å²) >= 11 is 0. The van der Waals surface area contributed by atoms with Crippen molar-refractivity contribution in [3.8, 4) is 5.75 Å². The van der Waals surface area contributed by atoms with Gasteiger partial charge in [0.15, 0.2) is 0 Å². The zero-order valence-electron chi connectivity index (χ0n) is 12.4. The van der Waals surface area contributed by atoms with Crippen LogP contribution >= 0.6 is 0 Å². The van der Waals surface area contributed by atoms with Gasteiger partial charge in [0.2, 0.25) is 0 Å². The molecule has 2 rings (SSSR count). The van der Waals surface area contributed by atoms with Crippen LogP contribution in [0.15, 0.2) is 18.2 Å². The van der Waals surface area contributed by atoms with Gasteiger partial charge in [0.05, 0.1) is 0 Å². The molecule has 0 bridgehead atoms. The Balaban J connectivity index is 1.65. The Morgan fingerprint density at radius 3 is 2.63 bits per heavy atom. The number of nitrogens with one attached hydrogen (secondary N) is 1. The number of hydrogen-bond donors (Lipinski definition) is 1. The van der Waals surface area contributed by atoms with Crippen LogP contribution in [0.4, 0.5) is 0 Å². The Bertz CT molecular complexity index is 398. The molecule has 0 radical (unpaired) electrons. The predicted molar refractivity (Wildman–Crippen MR) is 79.9 cm³/mol. The lowest BCUT2D eigenvalue weighted by molar-refractivity contribution is 0.224. The highest BCUT2D eigenvalue weighted by molar-refractivity contribution is 5.33. The van der Waals surface area contributed by atoms with Crippen molar-refractivity contribution in [2.45, 2.75) is 32.7 Å². The lowest BCUT2D eigenvalue weighted by Gasteiger charge is -2.29. The summed E-state index contributed by atoms with van der Waals surface area (Å²) in [6, 6.07) is 6.96. The summed E-state index contributed by atoms with van der Waals surface area (Å²) in [5, 5.41) is 3.59. The Labute approximate surface area is 116 Å². The van der Waals surface area contributed by atoms with E-state index in [1.54, 1.807) is 0 Å². The third kappa shape index (κ3) is 4.51. The van der Waals surface area contributed by atoms with E-state index in [1.165, 1.54) is 37.1 Å². The number of nitrogens with zero attached hydrogens (tertiary/aromatic N) is 1. The van der Waals surface area contributed by atoms with Gasteiger partial charge in [-0.15, -0.1) is 0 Å². The highest BCUT2D eigenvalue weighted by Gasteiger charge is 2.15. The molecule has 3 nitrogen and oxygen atoms in total. The first-order valence-electron chi connectivity index (χ1n) is 7.27. The van der Waals surface area contributed by atoms with Crippen LogP contribution in [-0.4, -0.2) is 44.2 Å². The lowest BCUT2D eigenvalue weighted by Crippen LogP contribution is -2.42. The number of hydrogen-bond acceptors (Lipinski definition) is 3. The van der Waals surface area contributed by atoms with Crippen molar-refractivity contribution in [1.29, 1.82) is 0 Å². The first-order chi connectivity index (χ1) is 9.15. The number of ether oxygens (including phenoxy) is 1. The van der Waals surface area contributed by atoms with Gasteiger partial charge in [-0.1, -0.05) is 6.07 Å². The molecule has 0 aliphatic carbocycles. The van der Waals surface area contributed by atoms with Crippen LogP contribution in [0.3, 0.4) is 0 Å². The van der Waals surface area contributed by atoms with E-state index in [-0.39, 0.29) is 0 Å². The molecule has 1 saturated heterocycles. The van der Waals surface area contributed by atoms with Gasteiger partial charge in [0.25, 0.3) is 0 Å². The minimum Gasteiger partial charge on any atom is -0.492 e. The van der Waals surface area contributed by atoms with Gasteiger partial charge in [0.1, 0.15) is 12.4 Å². The van der Waals surface area contributed by atoms with E-state index in [4.69, 9.17) is 4.74 Å². The van der Waals surface area contributed by atoms with Crippen molar-refractivity contribution >= 4 is 0 Å². The van der Waals surface area contributed by atoms with E-state index < -0.39 is 0 Å². The average molecular weight is 262 g/mol. The quantitative estimate of drug-likeness (QED) is 0.825. The number of rotatable bonds is 5. The summed E-state index contributed by atoms with van der Waals surface area (Å²) in [5.74, 6) is 0.980. The molecule has 1 N–H and O–H groups in total. The molecule has 0 aromatic heterocycles. The summed E-state index contributed by atoms with van der Waals surface area (Å²) in [6.45, 7) is 8.33. The van der Waals surface area contributed by atoms with Gasteiger partial charge < -0.3 is 15.0 Å². The van der Waals surface area contributed by atoms with E-state index in [0.717, 1.165) is 18.9 Å². The number of aryl methyl sites for hydroxylation is 2. The molecule has 1 aliphatic heterocycles. The van der Waals surface area contributed by atoms with Crippen molar-refractivity contribution in [1.82, 2.24) is 10.2 Å². The zero-order valence-corrected chi connectivity index (χ0v) is 12.4. The lowest BCUT2D eigenvalue weighted by atomic mass is 10.1. The van der Waals surface area contributed by atoms with Crippen molar-refractivity contribution in [2.75, 3.05) is 33.3 Å². The van der Waals surface area contributed by atoms with Crippen LogP contribution in [0.2, 0.25) is 0 Å². The molecule has 3 heteroatoms. The minimum absolute atomic E-state index is 0.666. The molecule has 0 unspecified atom stereocenters. The maximum Gasteiger partial charge on any atom is 0.119 e. The van der Waals surface area contributed by atoms with E-state index in [1.807, 2.05) is 0 Å². The summed E-state index contributed by atoms with van der Waals surface area (Å²) < 4.78 is 5.78. The van der Waals surface area contributed by atoms with Crippen molar-refractivity contribution in [3.63, 3.8) is 0 Å². The number of benzene rings is 1. The van der Waals surface area contributed by atoms with Gasteiger partial charge in [-0.3, -0.25) is 0 Å². The molecule has 0 spiro atoms. The highest BCUT2D eigenvalue weighted by atomic mass is 16.5. The van der Waals surface area contributed by atoms with E-state index in [0.29, 0.717) is 6.04 Å². The van der Waals surface area contributed by atoms with Gasteiger partial charge >= 0.3 is 0 Å². The Morgan fingerprint density at radius 2 is 1.95 bits per heavy atom. The second-order valence-electron chi connectivity index (χ2n) is 5.63. The van der Waals surface area contributed by atoms with Crippen LogP contribution < -0.4 is 10.1 Å². The fourth-order valence-corrected chi connectivity index (χ4v) is 2.45. The normalized spacial score (nSPS) is 17.6. The van der Waals surface area contributed by atoms with E-state index >= 15 is 0 Å². The van der Waals surface area contributed by atoms with E-state index in [9.17, 15) is 0 Å². The topological polar surface area (TPSA) is 24.5 Å². The molecule has 0 saturated carbocycles. The Kier molecular flexibility index (Phi) is 5.23. The molecule has 0 amide bonds. The van der Waals surface area contributed by atoms with Crippen LogP contribution in [-0.2, 0) is 0 Å². The van der Waals surface area contributed by atoms with Gasteiger partial charge in [-0.2, -0.15) is 0 Å².